The van der Waals surface area contributed by atoms with Gasteiger partial charge in [0.2, 0.25) is 0 Å². The van der Waals surface area contributed by atoms with Crippen molar-refractivity contribution in [2.45, 2.75) is 44.6 Å². The quantitative estimate of drug-likeness (QED) is 0.855. The fraction of sp³-hybridized carbons (Fsp3) is 0.500. The van der Waals surface area contributed by atoms with Crippen molar-refractivity contribution in [2.24, 2.45) is 5.73 Å². The average molecular weight is 259 g/mol. The van der Waals surface area contributed by atoms with Crippen LogP contribution in [0.4, 0.5) is 0 Å². The summed E-state index contributed by atoms with van der Waals surface area (Å²) < 4.78 is 2.28. The first-order chi connectivity index (χ1) is 8.83. The molecule has 18 heavy (non-hydrogen) atoms. The number of hydrogen-bond donors (Lipinski definition) is 1. The van der Waals surface area contributed by atoms with Gasteiger partial charge >= 0.3 is 0 Å². The van der Waals surface area contributed by atoms with Crippen LogP contribution in [0.25, 0.3) is 5.13 Å². The van der Waals surface area contributed by atoms with E-state index in [0.29, 0.717) is 0 Å². The number of aryl methyl sites for hydroxylation is 2. The summed E-state index contributed by atoms with van der Waals surface area (Å²) in [5, 5.41) is 1.15. The highest BCUT2D eigenvalue weighted by Crippen LogP contribution is 2.34. The first-order valence-corrected chi connectivity index (χ1v) is 7.59. The first kappa shape index (κ1) is 10.8. The summed E-state index contributed by atoms with van der Waals surface area (Å²) in [7, 11) is 0. The minimum absolute atomic E-state index is 0.224. The largest absolute Gasteiger partial charge is 0.324 e. The van der Waals surface area contributed by atoms with E-state index in [1.165, 1.54) is 41.1 Å². The van der Waals surface area contributed by atoms with Crippen LogP contribution in [0.5, 0.6) is 0 Å². The summed E-state index contributed by atoms with van der Waals surface area (Å²) in [5.74, 6) is 0. The zero-order chi connectivity index (χ0) is 12.1. The van der Waals surface area contributed by atoms with Gasteiger partial charge in [-0.2, -0.15) is 0 Å². The Balaban J connectivity index is 1.80. The number of fused-ring (bicyclic) bond motifs is 2. The van der Waals surface area contributed by atoms with Gasteiger partial charge in [-0.15, -0.1) is 11.3 Å². The molecule has 0 aliphatic heterocycles. The molecule has 94 valence electrons. The molecule has 0 amide bonds. The zero-order valence-corrected chi connectivity index (χ0v) is 11.2. The van der Waals surface area contributed by atoms with Crippen LogP contribution in [0.1, 0.15) is 47.1 Å². The summed E-state index contributed by atoms with van der Waals surface area (Å²) in [5.41, 5.74) is 10.2. The van der Waals surface area contributed by atoms with Gasteiger partial charge in [-0.3, -0.25) is 4.57 Å². The molecule has 2 aliphatic rings. The lowest BCUT2D eigenvalue weighted by Crippen LogP contribution is -2.17. The molecule has 2 N–H and O–H groups in total. The van der Waals surface area contributed by atoms with Crippen LogP contribution >= 0.6 is 11.3 Å². The van der Waals surface area contributed by atoms with Crippen molar-refractivity contribution in [3.63, 3.8) is 0 Å². The average Bonchev–Trinajstić information content (AvgIpc) is 3.00. The van der Waals surface area contributed by atoms with E-state index >= 15 is 0 Å². The van der Waals surface area contributed by atoms with Crippen LogP contribution in [0.2, 0.25) is 0 Å². The van der Waals surface area contributed by atoms with Crippen molar-refractivity contribution in [2.75, 3.05) is 0 Å². The molecule has 1 atom stereocenters. The minimum atomic E-state index is 0.224. The molecule has 2 aliphatic carbocycles. The number of nitrogens with two attached hydrogens (primary N) is 1. The van der Waals surface area contributed by atoms with Gasteiger partial charge in [0.15, 0.2) is 5.13 Å². The van der Waals surface area contributed by atoms with Crippen LogP contribution in [0, 0.1) is 0 Å². The van der Waals surface area contributed by atoms with Crippen molar-refractivity contribution in [3.05, 3.63) is 34.1 Å². The van der Waals surface area contributed by atoms with E-state index in [-0.39, 0.29) is 6.04 Å². The van der Waals surface area contributed by atoms with E-state index in [1.54, 1.807) is 0 Å². The van der Waals surface area contributed by atoms with Gasteiger partial charge in [0.1, 0.15) is 0 Å². The maximum atomic E-state index is 6.18. The molecule has 0 saturated carbocycles. The highest BCUT2D eigenvalue weighted by Gasteiger charge is 2.23. The van der Waals surface area contributed by atoms with Gasteiger partial charge in [-0.25, -0.2) is 4.98 Å². The van der Waals surface area contributed by atoms with E-state index in [9.17, 15) is 0 Å². The van der Waals surface area contributed by atoms with E-state index < -0.39 is 0 Å². The topological polar surface area (TPSA) is 43.8 Å². The lowest BCUT2D eigenvalue weighted by atomic mass is 9.94. The monoisotopic (exact) mass is 259 g/mol. The van der Waals surface area contributed by atoms with Gasteiger partial charge in [-0.1, -0.05) is 0 Å². The Hall–Kier alpha value is -1.13. The number of rotatable bonds is 1. The smallest absolute Gasteiger partial charge is 0.194 e. The van der Waals surface area contributed by atoms with Gasteiger partial charge in [0.25, 0.3) is 0 Å². The third kappa shape index (κ3) is 1.49. The van der Waals surface area contributed by atoms with Crippen LogP contribution in [0.3, 0.4) is 0 Å². The molecule has 4 heteroatoms. The molecule has 0 saturated heterocycles. The lowest BCUT2D eigenvalue weighted by molar-refractivity contribution is 0.560. The van der Waals surface area contributed by atoms with Crippen LogP contribution in [-0.4, -0.2) is 9.55 Å². The van der Waals surface area contributed by atoms with Crippen molar-refractivity contribution >= 4 is 11.3 Å². The number of hydrogen-bond acceptors (Lipinski definition) is 3. The fourth-order valence-electron chi connectivity index (χ4n) is 3.19. The number of nitrogens with zero attached hydrogens (tertiary/aromatic N) is 2. The molecular weight excluding hydrogens is 242 g/mol. The van der Waals surface area contributed by atoms with Crippen LogP contribution in [-0.2, 0) is 19.3 Å². The predicted octanol–water partition coefficient (Wildman–Crippen LogP) is 2.76. The molecular formula is C14H17N3S. The SMILES string of the molecule is NC1CCCc2c1ccn2-c1nc2c(s1)CCC2. The lowest BCUT2D eigenvalue weighted by Gasteiger charge is -2.20. The second kappa shape index (κ2) is 3.93. The third-order valence-corrected chi connectivity index (χ3v) is 5.30. The molecule has 0 spiro atoms. The Bertz CT molecular complexity index is 575. The van der Waals surface area contributed by atoms with E-state index in [0.717, 1.165) is 24.4 Å². The Labute approximate surface area is 111 Å². The summed E-state index contributed by atoms with van der Waals surface area (Å²) in [6.07, 6.45) is 9.27. The molecule has 1 unspecified atom stereocenters. The summed E-state index contributed by atoms with van der Waals surface area (Å²) >= 11 is 1.86. The molecule has 3 nitrogen and oxygen atoms in total. The van der Waals surface area contributed by atoms with Gasteiger partial charge < -0.3 is 5.73 Å². The van der Waals surface area contributed by atoms with Crippen molar-refractivity contribution in [3.8, 4) is 5.13 Å². The van der Waals surface area contributed by atoms with E-state index in [4.69, 9.17) is 10.7 Å². The number of thiazole rings is 1. The van der Waals surface area contributed by atoms with Crippen LogP contribution in [0.15, 0.2) is 12.3 Å². The highest BCUT2D eigenvalue weighted by atomic mass is 32.1. The van der Waals surface area contributed by atoms with Crippen molar-refractivity contribution in [1.29, 1.82) is 0 Å². The Morgan fingerprint density at radius 2 is 2.22 bits per heavy atom. The van der Waals surface area contributed by atoms with Crippen molar-refractivity contribution < 1.29 is 0 Å². The molecule has 0 radical (unpaired) electrons. The molecule has 0 fully saturated rings. The van der Waals surface area contributed by atoms with Gasteiger partial charge in [0, 0.05) is 22.8 Å². The van der Waals surface area contributed by atoms with Crippen LogP contribution < -0.4 is 5.73 Å². The predicted molar refractivity (Wildman–Crippen MR) is 73.3 cm³/mol. The summed E-state index contributed by atoms with van der Waals surface area (Å²) in [6, 6.07) is 2.41. The maximum absolute atomic E-state index is 6.18. The maximum Gasteiger partial charge on any atom is 0.194 e. The Morgan fingerprint density at radius 3 is 3.11 bits per heavy atom. The van der Waals surface area contributed by atoms with Gasteiger partial charge in [0.05, 0.1) is 5.69 Å². The molecule has 0 bridgehead atoms. The number of aromatic nitrogens is 2. The minimum Gasteiger partial charge on any atom is -0.324 e. The third-order valence-electron chi connectivity index (χ3n) is 4.15. The molecule has 2 aromatic heterocycles. The van der Waals surface area contributed by atoms with Gasteiger partial charge in [-0.05, 0) is 50.2 Å². The Morgan fingerprint density at radius 1 is 1.28 bits per heavy atom. The van der Waals surface area contributed by atoms with E-state index in [1.807, 2.05) is 11.3 Å². The second-order valence-corrected chi connectivity index (χ2v) is 6.37. The molecule has 4 rings (SSSR count). The summed E-state index contributed by atoms with van der Waals surface area (Å²) in [4.78, 5) is 6.30. The first-order valence-electron chi connectivity index (χ1n) is 6.77. The van der Waals surface area contributed by atoms with E-state index in [2.05, 4.69) is 16.8 Å². The Kier molecular flexibility index (Phi) is 2.35. The fourth-order valence-corrected chi connectivity index (χ4v) is 4.34. The molecule has 2 aromatic rings. The molecule has 2 heterocycles. The standard InChI is InChI=1S/C14H17N3S/c15-10-3-1-5-12-9(10)7-8-17(12)14-16-11-4-2-6-13(11)18-14/h7-8,10H,1-6,15H2. The summed E-state index contributed by atoms with van der Waals surface area (Å²) in [6.45, 7) is 0. The molecule has 0 aromatic carbocycles. The zero-order valence-electron chi connectivity index (χ0n) is 10.4. The normalized spacial score (nSPS) is 21.9. The highest BCUT2D eigenvalue weighted by molar-refractivity contribution is 7.14. The van der Waals surface area contributed by atoms with Crippen molar-refractivity contribution in [1.82, 2.24) is 9.55 Å². The second-order valence-electron chi connectivity index (χ2n) is 5.31.